The quantitative estimate of drug-likeness (QED) is 0.609. The van der Waals surface area contributed by atoms with Crippen molar-refractivity contribution in [3.8, 4) is 0 Å². The van der Waals surface area contributed by atoms with Crippen molar-refractivity contribution in [1.82, 2.24) is 9.71 Å². The van der Waals surface area contributed by atoms with Gasteiger partial charge in [0.05, 0.1) is 6.61 Å². The molecule has 0 aliphatic rings. The predicted molar refractivity (Wildman–Crippen MR) is 74.2 cm³/mol. The third-order valence-electron chi connectivity index (χ3n) is 2.99. The van der Waals surface area contributed by atoms with Gasteiger partial charge in [-0.05, 0) is 24.6 Å². The number of hydrogen-bond acceptors (Lipinski definition) is 4. The molecule has 0 saturated carbocycles. The molecule has 19 heavy (non-hydrogen) atoms. The maximum atomic E-state index is 12.3. The topological polar surface area (TPSA) is 108 Å². The highest BCUT2D eigenvalue weighted by molar-refractivity contribution is 7.89. The average molecular weight is 283 g/mol. The van der Waals surface area contributed by atoms with E-state index in [1.165, 1.54) is 6.20 Å². The van der Waals surface area contributed by atoms with Gasteiger partial charge in [-0.1, -0.05) is 6.92 Å². The summed E-state index contributed by atoms with van der Waals surface area (Å²) in [6.45, 7) is 1.57. The van der Waals surface area contributed by atoms with Gasteiger partial charge in [-0.25, -0.2) is 13.1 Å². The summed E-state index contributed by atoms with van der Waals surface area (Å²) >= 11 is 0. The zero-order chi connectivity index (χ0) is 14.0. The van der Waals surface area contributed by atoms with Crippen LogP contribution in [0.3, 0.4) is 0 Å². The number of rotatable bonds is 5. The highest BCUT2D eigenvalue weighted by atomic mass is 32.2. The highest BCUT2D eigenvalue weighted by Crippen LogP contribution is 2.24. The number of nitrogens with two attached hydrogens (primary N) is 1. The number of aliphatic hydroxyl groups excluding tert-OH is 1. The van der Waals surface area contributed by atoms with E-state index in [0.29, 0.717) is 23.0 Å². The Labute approximate surface area is 111 Å². The first-order chi connectivity index (χ1) is 8.97. The molecule has 0 amide bonds. The van der Waals surface area contributed by atoms with Crippen LogP contribution in [0.2, 0.25) is 0 Å². The Balaban J connectivity index is 2.46. The fourth-order valence-corrected chi connectivity index (χ4v) is 3.35. The molecule has 1 heterocycles. The molecule has 1 aromatic heterocycles. The van der Waals surface area contributed by atoms with Crippen LogP contribution in [-0.2, 0) is 10.0 Å². The van der Waals surface area contributed by atoms with Crippen LogP contribution in [0, 0.1) is 0 Å². The molecule has 7 heteroatoms. The van der Waals surface area contributed by atoms with E-state index in [1.54, 1.807) is 25.1 Å². The van der Waals surface area contributed by atoms with Crippen LogP contribution in [0.4, 0.5) is 5.69 Å². The fraction of sp³-hybridized carbons (Fsp3) is 0.333. The molecule has 0 spiro atoms. The number of anilines is 1. The SMILES string of the molecule is CC[C@@H](CO)NS(=O)(=O)c1c[nH]c2ccc(N)cc12. The summed E-state index contributed by atoms with van der Waals surface area (Å²) in [7, 11) is -3.68. The monoisotopic (exact) mass is 283 g/mol. The van der Waals surface area contributed by atoms with Gasteiger partial charge >= 0.3 is 0 Å². The van der Waals surface area contributed by atoms with Crippen molar-refractivity contribution in [1.29, 1.82) is 0 Å². The maximum Gasteiger partial charge on any atom is 0.243 e. The van der Waals surface area contributed by atoms with Gasteiger partial charge < -0.3 is 15.8 Å². The molecule has 104 valence electrons. The second kappa shape index (κ2) is 5.20. The summed E-state index contributed by atoms with van der Waals surface area (Å²) in [5.74, 6) is 0. The predicted octanol–water partition coefficient (Wildman–Crippen LogP) is 0.799. The standard InChI is InChI=1S/C12H17N3O3S/c1-2-9(7-16)15-19(17,18)12-6-14-11-4-3-8(13)5-10(11)12/h3-6,9,14-16H,2,7,13H2,1H3/t9-/m0/s1. The zero-order valence-corrected chi connectivity index (χ0v) is 11.4. The summed E-state index contributed by atoms with van der Waals surface area (Å²) < 4.78 is 27.0. The van der Waals surface area contributed by atoms with E-state index in [4.69, 9.17) is 10.8 Å². The van der Waals surface area contributed by atoms with Crippen molar-refractivity contribution >= 4 is 26.6 Å². The van der Waals surface area contributed by atoms with E-state index in [9.17, 15) is 8.42 Å². The van der Waals surface area contributed by atoms with Crippen molar-refractivity contribution in [3.05, 3.63) is 24.4 Å². The molecular weight excluding hydrogens is 266 g/mol. The second-order valence-electron chi connectivity index (χ2n) is 4.37. The largest absolute Gasteiger partial charge is 0.399 e. The Hall–Kier alpha value is -1.57. The smallest absolute Gasteiger partial charge is 0.243 e. The van der Waals surface area contributed by atoms with Crippen LogP contribution < -0.4 is 10.5 Å². The molecule has 5 N–H and O–H groups in total. The van der Waals surface area contributed by atoms with E-state index in [2.05, 4.69) is 9.71 Å². The van der Waals surface area contributed by atoms with Gasteiger partial charge in [0.2, 0.25) is 10.0 Å². The number of benzene rings is 1. The van der Waals surface area contributed by atoms with E-state index < -0.39 is 16.1 Å². The van der Waals surface area contributed by atoms with Crippen molar-refractivity contribution in [2.75, 3.05) is 12.3 Å². The molecule has 0 radical (unpaired) electrons. The Bertz CT molecular complexity index is 675. The van der Waals surface area contributed by atoms with Gasteiger partial charge in [0.1, 0.15) is 4.90 Å². The molecule has 2 rings (SSSR count). The fourth-order valence-electron chi connectivity index (χ4n) is 1.87. The molecule has 0 aliphatic heterocycles. The highest BCUT2D eigenvalue weighted by Gasteiger charge is 2.22. The number of H-pyrrole nitrogens is 1. The molecular formula is C12H17N3O3S. The number of aromatic amines is 1. The van der Waals surface area contributed by atoms with Gasteiger partial charge in [0.15, 0.2) is 0 Å². The van der Waals surface area contributed by atoms with Crippen LogP contribution in [0.25, 0.3) is 10.9 Å². The number of nitrogen functional groups attached to an aromatic ring is 1. The van der Waals surface area contributed by atoms with Crippen LogP contribution in [-0.4, -0.2) is 31.2 Å². The van der Waals surface area contributed by atoms with Gasteiger partial charge in [-0.2, -0.15) is 0 Å². The van der Waals surface area contributed by atoms with Crippen LogP contribution in [0.5, 0.6) is 0 Å². The molecule has 1 aromatic carbocycles. The van der Waals surface area contributed by atoms with E-state index in [1.807, 2.05) is 0 Å². The minimum absolute atomic E-state index is 0.140. The summed E-state index contributed by atoms with van der Waals surface area (Å²) in [5.41, 5.74) is 6.88. The minimum Gasteiger partial charge on any atom is -0.399 e. The summed E-state index contributed by atoms with van der Waals surface area (Å²) in [6, 6.07) is 4.55. The van der Waals surface area contributed by atoms with Gasteiger partial charge in [0, 0.05) is 28.8 Å². The maximum absolute atomic E-state index is 12.3. The van der Waals surface area contributed by atoms with Crippen molar-refractivity contribution in [2.24, 2.45) is 0 Å². The molecule has 6 nitrogen and oxygen atoms in total. The molecule has 0 aliphatic carbocycles. The molecule has 0 bridgehead atoms. The molecule has 2 aromatic rings. The summed E-state index contributed by atoms with van der Waals surface area (Å²) in [4.78, 5) is 3.03. The number of nitrogens with one attached hydrogen (secondary N) is 2. The third kappa shape index (κ3) is 2.73. The van der Waals surface area contributed by atoms with E-state index >= 15 is 0 Å². The molecule has 0 saturated heterocycles. The average Bonchev–Trinajstić information content (AvgIpc) is 2.79. The van der Waals surface area contributed by atoms with Crippen LogP contribution >= 0.6 is 0 Å². The van der Waals surface area contributed by atoms with E-state index in [-0.39, 0.29) is 11.5 Å². The molecule has 0 fully saturated rings. The first-order valence-corrected chi connectivity index (χ1v) is 7.46. The number of hydrogen-bond donors (Lipinski definition) is 4. The Morgan fingerprint density at radius 2 is 2.21 bits per heavy atom. The van der Waals surface area contributed by atoms with Crippen molar-refractivity contribution < 1.29 is 13.5 Å². The summed E-state index contributed by atoms with van der Waals surface area (Å²) in [5, 5.41) is 9.63. The molecule has 1 atom stereocenters. The normalized spacial score (nSPS) is 13.8. The number of fused-ring (bicyclic) bond motifs is 1. The lowest BCUT2D eigenvalue weighted by atomic mass is 10.2. The minimum atomic E-state index is -3.68. The third-order valence-corrected chi connectivity index (χ3v) is 4.55. The first-order valence-electron chi connectivity index (χ1n) is 5.97. The summed E-state index contributed by atoms with van der Waals surface area (Å²) in [6.07, 6.45) is 1.94. The van der Waals surface area contributed by atoms with Crippen molar-refractivity contribution in [2.45, 2.75) is 24.3 Å². The van der Waals surface area contributed by atoms with Gasteiger partial charge in [-0.3, -0.25) is 0 Å². The number of aromatic nitrogens is 1. The number of aliphatic hydroxyl groups is 1. The van der Waals surface area contributed by atoms with Crippen LogP contribution in [0.1, 0.15) is 13.3 Å². The van der Waals surface area contributed by atoms with Gasteiger partial charge in [0.25, 0.3) is 0 Å². The van der Waals surface area contributed by atoms with E-state index in [0.717, 1.165) is 0 Å². The Kier molecular flexibility index (Phi) is 3.79. The Morgan fingerprint density at radius 3 is 2.84 bits per heavy atom. The first kappa shape index (κ1) is 13.9. The van der Waals surface area contributed by atoms with Gasteiger partial charge in [-0.15, -0.1) is 0 Å². The lowest BCUT2D eigenvalue weighted by Gasteiger charge is -2.13. The Morgan fingerprint density at radius 1 is 1.47 bits per heavy atom. The number of sulfonamides is 1. The lowest BCUT2D eigenvalue weighted by Crippen LogP contribution is -2.36. The van der Waals surface area contributed by atoms with Crippen LogP contribution in [0.15, 0.2) is 29.3 Å². The molecule has 0 unspecified atom stereocenters. The zero-order valence-electron chi connectivity index (χ0n) is 10.6. The van der Waals surface area contributed by atoms with Crippen molar-refractivity contribution in [3.63, 3.8) is 0 Å². The second-order valence-corrected chi connectivity index (χ2v) is 6.05. The lowest BCUT2D eigenvalue weighted by molar-refractivity contribution is 0.254.